The van der Waals surface area contributed by atoms with Gasteiger partial charge < -0.3 is 0 Å². The summed E-state index contributed by atoms with van der Waals surface area (Å²) in [7, 11) is 0. The molecule has 0 aliphatic carbocycles. The fraction of sp³-hybridized carbons (Fsp3) is 0.583. The molecule has 0 aliphatic rings. The molecule has 0 heterocycles. The average Bonchev–Trinajstić information content (AvgIpc) is 2.00. The van der Waals surface area contributed by atoms with E-state index in [-0.39, 0.29) is 11.7 Å². The molecule has 1 atom stereocenters. The molecule has 1 heteroatoms. The van der Waals surface area contributed by atoms with Gasteiger partial charge in [0.1, 0.15) is 5.78 Å². The number of carbonyl (C=O) groups excluding carboxylic acids is 1. The number of hydrogen-bond acceptors (Lipinski definition) is 1. The van der Waals surface area contributed by atoms with Crippen LogP contribution in [-0.2, 0) is 4.79 Å². The van der Waals surface area contributed by atoms with E-state index in [9.17, 15) is 4.79 Å². The van der Waals surface area contributed by atoms with Crippen molar-refractivity contribution in [1.29, 1.82) is 0 Å². The number of ketones is 1. The van der Waals surface area contributed by atoms with Gasteiger partial charge in [-0.05, 0) is 19.8 Å². The van der Waals surface area contributed by atoms with Crippen LogP contribution in [0.3, 0.4) is 0 Å². The number of Topliss-reactive ketones (excluding diaryl/α,β-unsaturated/α-hetero) is 1. The Morgan fingerprint density at radius 1 is 1.15 bits per heavy atom. The summed E-state index contributed by atoms with van der Waals surface area (Å²) in [4.78, 5) is 10.9. The van der Waals surface area contributed by atoms with E-state index in [0.29, 0.717) is 5.92 Å². The lowest BCUT2D eigenvalue weighted by molar-refractivity contribution is -0.118. The van der Waals surface area contributed by atoms with E-state index in [1.54, 1.807) is 6.92 Å². The Labute approximate surface area is 81.5 Å². The van der Waals surface area contributed by atoms with Crippen LogP contribution in [0.15, 0.2) is 23.8 Å². The zero-order valence-electron chi connectivity index (χ0n) is 9.29. The van der Waals surface area contributed by atoms with Gasteiger partial charge in [-0.15, -0.1) is 0 Å². The van der Waals surface area contributed by atoms with Crippen LogP contribution in [0, 0.1) is 11.8 Å². The van der Waals surface area contributed by atoms with E-state index in [0.717, 1.165) is 5.57 Å². The topological polar surface area (TPSA) is 17.1 Å². The summed E-state index contributed by atoms with van der Waals surface area (Å²) in [5, 5.41) is 0. The molecule has 0 unspecified atom stereocenters. The van der Waals surface area contributed by atoms with Gasteiger partial charge in [-0.25, -0.2) is 0 Å². The maximum absolute atomic E-state index is 10.9. The fourth-order valence-corrected chi connectivity index (χ4v) is 0.911. The molecule has 0 radical (unpaired) electrons. The van der Waals surface area contributed by atoms with Crippen LogP contribution in [0.2, 0.25) is 0 Å². The summed E-state index contributed by atoms with van der Waals surface area (Å²) in [6.45, 7) is 9.85. The van der Waals surface area contributed by atoms with E-state index >= 15 is 0 Å². The number of allylic oxidation sites excluding steroid dienone is 4. The monoisotopic (exact) mass is 180 g/mol. The van der Waals surface area contributed by atoms with Crippen LogP contribution < -0.4 is 0 Å². The van der Waals surface area contributed by atoms with Crippen molar-refractivity contribution < 1.29 is 4.79 Å². The molecule has 0 N–H and O–H groups in total. The molecule has 0 bridgehead atoms. The minimum absolute atomic E-state index is 0.0387. The highest BCUT2D eigenvalue weighted by Crippen LogP contribution is 2.06. The van der Waals surface area contributed by atoms with Gasteiger partial charge in [-0.3, -0.25) is 4.79 Å². The molecule has 0 spiro atoms. The molecule has 0 amide bonds. The third-order valence-corrected chi connectivity index (χ3v) is 1.90. The van der Waals surface area contributed by atoms with Crippen molar-refractivity contribution in [2.75, 3.05) is 0 Å². The van der Waals surface area contributed by atoms with E-state index in [1.165, 1.54) is 0 Å². The van der Waals surface area contributed by atoms with Crippen LogP contribution >= 0.6 is 0 Å². The van der Waals surface area contributed by atoms with Gasteiger partial charge >= 0.3 is 0 Å². The molecule has 0 aromatic rings. The van der Waals surface area contributed by atoms with Gasteiger partial charge in [0, 0.05) is 5.92 Å². The van der Waals surface area contributed by atoms with Crippen LogP contribution in [0.25, 0.3) is 0 Å². The van der Waals surface area contributed by atoms with Crippen molar-refractivity contribution >= 4 is 5.78 Å². The number of rotatable bonds is 4. The Hall–Kier alpha value is -0.850. The Bertz CT molecular complexity index is 221. The largest absolute Gasteiger partial charge is 0.299 e. The van der Waals surface area contributed by atoms with E-state index < -0.39 is 0 Å². The normalized spacial score (nSPS) is 15.4. The molecular formula is C12H20O. The second-order valence-electron chi connectivity index (χ2n) is 3.91. The third-order valence-electron chi connectivity index (χ3n) is 1.90. The second kappa shape index (κ2) is 5.74. The van der Waals surface area contributed by atoms with Crippen molar-refractivity contribution in [3.05, 3.63) is 23.8 Å². The molecule has 0 saturated heterocycles. The van der Waals surface area contributed by atoms with Gasteiger partial charge in [-0.2, -0.15) is 0 Å². The second-order valence-corrected chi connectivity index (χ2v) is 3.91. The summed E-state index contributed by atoms with van der Waals surface area (Å²) in [6.07, 6.45) is 6.21. The Balaban J connectivity index is 4.24. The van der Waals surface area contributed by atoms with Crippen molar-refractivity contribution in [1.82, 2.24) is 0 Å². The molecule has 0 rings (SSSR count). The predicted molar refractivity (Wildman–Crippen MR) is 57.6 cm³/mol. The summed E-state index contributed by atoms with van der Waals surface area (Å²) in [5.74, 6) is 0.824. The average molecular weight is 180 g/mol. The Morgan fingerprint density at radius 3 is 2.08 bits per heavy atom. The van der Waals surface area contributed by atoms with E-state index in [4.69, 9.17) is 0 Å². The van der Waals surface area contributed by atoms with Gasteiger partial charge in [-0.1, -0.05) is 44.6 Å². The fourth-order valence-electron chi connectivity index (χ4n) is 0.911. The van der Waals surface area contributed by atoms with Crippen molar-refractivity contribution in [3.63, 3.8) is 0 Å². The van der Waals surface area contributed by atoms with Crippen LogP contribution in [0.1, 0.15) is 34.6 Å². The number of carbonyl (C=O) groups is 1. The van der Waals surface area contributed by atoms with E-state index in [2.05, 4.69) is 26.0 Å². The first kappa shape index (κ1) is 12.2. The summed E-state index contributed by atoms with van der Waals surface area (Å²) < 4.78 is 0. The molecule has 0 aromatic heterocycles. The molecule has 0 aromatic carbocycles. The van der Waals surface area contributed by atoms with Crippen molar-refractivity contribution in [2.45, 2.75) is 34.6 Å². The first-order valence-corrected chi connectivity index (χ1v) is 4.80. The standard InChI is InChI=1S/C12H20O/c1-9(2)6-7-10(3)8-11(4)12(5)13/h6-9,11H,1-5H3/b7-6+,10-8+/t11-/m1/s1. The summed E-state index contributed by atoms with van der Waals surface area (Å²) in [5.41, 5.74) is 1.16. The highest BCUT2D eigenvalue weighted by atomic mass is 16.1. The van der Waals surface area contributed by atoms with Gasteiger partial charge in [0.15, 0.2) is 0 Å². The lowest BCUT2D eigenvalue weighted by Crippen LogP contribution is -2.02. The maximum atomic E-state index is 10.9. The molecule has 1 nitrogen and oxygen atoms in total. The van der Waals surface area contributed by atoms with Crippen molar-refractivity contribution in [2.24, 2.45) is 11.8 Å². The first-order chi connectivity index (χ1) is 5.93. The van der Waals surface area contributed by atoms with Crippen LogP contribution in [-0.4, -0.2) is 5.78 Å². The quantitative estimate of drug-likeness (QED) is 0.606. The lowest BCUT2D eigenvalue weighted by atomic mass is 10.0. The molecule has 0 fully saturated rings. The Kier molecular flexibility index (Phi) is 5.36. The smallest absolute Gasteiger partial charge is 0.136 e. The summed E-state index contributed by atoms with van der Waals surface area (Å²) in [6, 6.07) is 0. The minimum Gasteiger partial charge on any atom is -0.299 e. The highest BCUT2D eigenvalue weighted by molar-refractivity contribution is 5.79. The van der Waals surface area contributed by atoms with Crippen LogP contribution in [0.4, 0.5) is 0 Å². The third kappa shape index (κ3) is 6.32. The van der Waals surface area contributed by atoms with Gasteiger partial charge in [0.05, 0.1) is 0 Å². The minimum atomic E-state index is 0.0387. The van der Waals surface area contributed by atoms with Crippen molar-refractivity contribution in [3.8, 4) is 0 Å². The molecule has 0 aliphatic heterocycles. The number of hydrogen-bond donors (Lipinski definition) is 0. The van der Waals surface area contributed by atoms with E-state index in [1.807, 2.05) is 19.9 Å². The SMILES string of the molecule is CC(=O)[C@H](C)/C=C(C)/C=C/C(C)C. The lowest BCUT2D eigenvalue weighted by Gasteiger charge is -2.01. The highest BCUT2D eigenvalue weighted by Gasteiger charge is 2.02. The zero-order chi connectivity index (χ0) is 10.4. The zero-order valence-corrected chi connectivity index (χ0v) is 9.29. The summed E-state index contributed by atoms with van der Waals surface area (Å²) >= 11 is 0. The predicted octanol–water partition coefficient (Wildman–Crippen LogP) is 3.37. The van der Waals surface area contributed by atoms with Gasteiger partial charge in [0.25, 0.3) is 0 Å². The molecule has 13 heavy (non-hydrogen) atoms. The maximum Gasteiger partial charge on any atom is 0.136 e. The first-order valence-electron chi connectivity index (χ1n) is 4.80. The Morgan fingerprint density at radius 2 is 1.69 bits per heavy atom. The molecule has 74 valence electrons. The van der Waals surface area contributed by atoms with Crippen LogP contribution in [0.5, 0.6) is 0 Å². The van der Waals surface area contributed by atoms with Gasteiger partial charge in [0.2, 0.25) is 0 Å². The molecule has 0 saturated carbocycles. The molecular weight excluding hydrogens is 160 g/mol.